The lowest BCUT2D eigenvalue weighted by Gasteiger charge is -2.26. The van der Waals surface area contributed by atoms with E-state index in [0.29, 0.717) is 17.1 Å². The predicted octanol–water partition coefficient (Wildman–Crippen LogP) is 4.33. The second-order valence-electron chi connectivity index (χ2n) is 5.67. The van der Waals surface area contributed by atoms with E-state index in [9.17, 15) is 4.79 Å². The molecule has 1 saturated carbocycles. The van der Waals surface area contributed by atoms with Crippen molar-refractivity contribution in [3.05, 3.63) is 28.0 Å². The first-order valence-corrected chi connectivity index (χ1v) is 7.91. The van der Waals surface area contributed by atoms with Crippen LogP contribution in [-0.4, -0.2) is 17.4 Å². The van der Waals surface area contributed by atoms with Crippen molar-refractivity contribution in [3.63, 3.8) is 0 Å². The van der Waals surface area contributed by atoms with Crippen LogP contribution in [0.2, 0.25) is 10.2 Å². The summed E-state index contributed by atoms with van der Waals surface area (Å²) in [4.78, 5) is 15.8. The fourth-order valence-electron chi connectivity index (χ4n) is 2.66. The molecule has 0 unspecified atom stereocenters. The Kier molecular flexibility index (Phi) is 5.67. The largest absolute Gasteiger partial charge is 0.352 e. The zero-order chi connectivity index (χ0) is 14.5. The van der Waals surface area contributed by atoms with E-state index >= 15 is 0 Å². The Hall–Kier alpha value is -0.800. The van der Waals surface area contributed by atoms with Gasteiger partial charge in [0.25, 0.3) is 5.91 Å². The van der Waals surface area contributed by atoms with Gasteiger partial charge in [0.1, 0.15) is 5.15 Å². The van der Waals surface area contributed by atoms with Crippen LogP contribution in [0, 0.1) is 11.8 Å². The maximum Gasteiger partial charge on any atom is 0.252 e. The highest BCUT2D eigenvalue weighted by Crippen LogP contribution is 2.29. The standard InChI is InChI=1S/C15H20Cl2N2O/c1-10-2-4-11(5-3-10)6-7-18-15(20)12-8-13(16)14(17)19-9-12/h8-11H,2-7H2,1H3,(H,18,20). The second-order valence-corrected chi connectivity index (χ2v) is 6.43. The van der Waals surface area contributed by atoms with Crippen LogP contribution in [0.4, 0.5) is 0 Å². The Bertz CT molecular complexity index is 471. The van der Waals surface area contributed by atoms with Crippen molar-refractivity contribution >= 4 is 29.1 Å². The Morgan fingerprint density at radius 3 is 2.70 bits per heavy atom. The number of nitrogens with one attached hydrogen (secondary N) is 1. The fraction of sp³-hybridized carbons (Fsp3) is 0.600. The summed E-state index contributed by atoms with van der Waals surface area (Å²) in [7, 11) is 0. The fourth-order valence-corrected chi connectivity index (χ4v) is 2.92. The second kappa shape index (κ2) is 7.28. The third-order valence-corrected chi connectivity index (χ3v) is 4.72. The lowest BCUT2D eigenvalue weighted by Crippen LogP contribution is -2.27. The molecule has 1 aliphatic rings. The number of hydrogen-bond acceptors (Lipinski definition) is 2. The van der Waals surface area contributed by atoms with Crippen molar-refractivity contribution in [2.75, 3.05) is 6.54 Å². The quantitative estimate of drug-likeness (QED) is 0.840. The molecular weight excluding hydrogens is 295 g/mol. The van der Waals surface area contributed by atoms with E-state index in [1.807, 2.05) is 0 Å². The van der Waals surface area contributed by atoms with E-state index in [1.165, 1.54) is 31.9 Å². The van der Waals surface area contributed by atoms with Crippen molar-refractivity contribution < 1.29 is 4.79 Å². The Morgan fingerprint density at radius 2 is 2.05 bits per heavy atom. The first-order chi connectivity index (χ1) is 9.56. The van der Waals surface area contributed by atoms with E-state index in [1.54, 1.807) is 6.07 Å². The number of nitrogens with zero attached hydrogens (tertiary/aromatic N) is 1. The molecule has 0 radical (unpaired) electrons. The van der Waals surface area contributed by atoms with Gasteiger partial charge in [-0.05, 0) is 24.3 Å². The summed E-state index contributed by atoms with van der Waals surface area (Å²) in [5, 5.41) is 3.45. The summed E-state index contributed by atoms with van der Waals surface area (Å²) in [6.07, 6.45) is 7.69. The lowest BCUT2D eigenvalue weighted by atomic mass is 9.81. The Morgan fingerprint density at radius 1 is 1.35 bits per heavy atom. The Labute approximate surface area is 130 Å². The van der Waals surface area contributed by atoms with Crippen molar-refractivity contribution in [2.45, 2.75) is 39.0 Å². The maximum absolute atomic E-state index is 11.9. The number of carbonyl (C=O) groups excluding carboxylic acids is 1. The highest BCUT2D eigenvalue weighted by molar-refractivity contribution is 6.41. The molecule has 1 heterocycles. The van der Waals surface area contributed by atoms with Crippen LogP contribution in [0.25, 0.3) is 0 Å². The number of hydrogen-bond donors (Lipinski definition) is 1. The number of aromatic nitrogens is 1. The first-order valence-electron chi connectivity index (χ1n) is 7.15. The van der Waals surface area contributed by atoms with E-state index in [2.05, 4.69) is 17.2 Å². The Balaban J connectivity index is 1.76. The van der Waals surface area contributed by atoms with Crippen LogP contribution < -0.4 is 5.32 Å². The molecule has 20 heavy (non-hydrogen) atoms. The monoisotopic (exact) mass is 314 g/mol. The molecule has 3 nitrogen and oxygen atoms in total. The van der Waals surface area contributed by atoms with Crippen LogP contribution in [-0.2, 0) is 0 Å². The summed E-state index contributed by atoms with van der Waals surface area (Å²) < 4.78 is 0. The van der Waals surface area contributed by atoms with Crippen molar-refractivity contribution in [2.24, 2.45) is 11.8 Å². The maximum atomic E-state index is 11.9. The molecule has 1 N–H and O–H groups in total. The molecule has 0 aromatic carbocycles. The molecule has 0 aliphatic heterocycles. The van der Waals surface area contributed by atoms with Gasteiger partial charge in [0.2, 0.25) is 0 Å². The highest BCUT2D eigenvalue weighted by atomic mass is 35.5. The molecule has 0 spiro atoms. The molecule has 0 saturated heterocycles. The average molecular weight is 315 g/mol. The molecule has 0 bridgehead atoms. The summed E-state index contributed by atoms with van der Waals surface area (Å²) >= 11 is 11.6. The van der Waals surface area contributed by atoms with E-state index in [0.717, 1.165) is 18.3 Å². The predicted molar refractivity (Wildman–Crippen MR) is 82.3 cm³/mol. The molecule has 1 aliphatic carbocycles. The SMILES string of the molecule is CC1CCC(CCNC(=O)c2cnc(Cl)c(Cl)c2)CC1. The van der Waals surface area contributed by atoms with E-state index in [4.69, 9.17) is 23.2 Å². The minimum Gasteiger partial charge on any atom is -0.352 e. The lowest BCUT2D eigenvalue weighted by molar-refractivity contribution is 0.0949. The van der Waals surface area contributed by atoms with Gasteiger partial charge in [-0.2, -0.15) is 0 Å². The highest BCUT2D eigenvalue weighted by Gasteiger charge is 2.18. The zero-order valence-electron chi connectivity index (χ0n) is 11.7. The van der Waals surface area contributed by atoms with Gasteiger partial charge in [-0.15, -0.1) is 0 Å². The summed E-state index contributed by atoms with van der Waals surface area (Å²) in [5.41, 5.74) is 0.455. The molecule has 2 rings (SSSR count). The normalized spacial score (nSPS) is 22.6. The molecule has 0 atom stereocenters. The van der Waals surface area contributed by atoms with E-state index < -0.39 is 0 Å². The minimum atomic E-state index is -0.139. The van der Waals surface area contributed by atoms with Gasteiger partial charge in [0.15, 0.2) is 0 Å². The number of amides is 1. The first kappa shape index (κ1) is 15.6. The summed E-state index contributed by atoms with van der Waals surface area (Å²) in [5.74, 6) is 1.47. The van der Waals surface area contributed by atoms with Gasteiger partial charge in [0.05, 0.1) is 10.6 Å². The number of halogens is 2. The molecular formula is C15H20Cl2N2O. The molecule has 1 aromatic heterocycles. The van der Waals surface area contributed by atoms with E-state index in [-0.39, 0.29) is 11.1 Å². The summed E-state index contributed by atoms with van der Waals surface area (Å²) in [6.45, 7) is 3.02. The molecule has 1 fully saturated rings. The molecule has 1 amide bonds. The zero-order valence-corrected chi connectivity index (χ0v) is 13.2. The number of pyridine rings is 1. The van der Waals surface area contributed by atoms with Crippen LogP contribution in [0.5, 0.6) is 0 Å². The number of carbonyl (C=O) groups is 1. The van der Waals surface area contributed by atoms with Gasteiger partial charge in [0, 0.05) is 12.7 Å². The van der Waals surface area contributed by atoms with Crippen LogP contribution in [0.1, 0.15) is 49.4 Å². The number of rotatable bonds is 4. The van der Waals surface area contributed by atoms with Crippen LogP contribution in [0.3, 0.4) is 0 Å². The van der Waals surface area contributed by atoms with Gasteiger partial charge in [-0.1, -0.05) is 55.8 Å². The molecule has 1 aromatic rings. The van der Waals surface area contributed by atoms with Crippen molar-refractivity contribution in [1.82, 2.24) is 10.3 Å². The molecule has 110 valence electrons. The van der Waals surface area contributed by atoms with Crippen molar-refractivity contribution in [3.8, 4) is 0 Å². The third-order valence-electron chi connectivity index (χ3n) is 4.03. The minimum absolute atomic E-state index is 0.139. The topological polar surface area (TPSA) is 42.0 Å². The van der Waals surface area contributed by atoms with Gasteiger partial charge in [-0.3, -0.25) is 4.79 Å². The third kappa shape index (κ3) is 4.35. The summed E-state index contributed by atoms with van der Waals surface area (Å²) in [6, 6.07) is 1.55. The van der Waals surface area contributed by atoms with Gasteiger partial charge < -0.3 is 5.32 Å². The van der Waals surface area contributed by atoms with Crippen LogP contribution in [0.15, 0.2) is 12.3 Å². The van der Waals surface area contributed by atoms with Gasteiger partial charge >= 0.3 is 0 Å². The van der Waals surface area contributed by atoms with Crippen molar-refractivity contribution in [1.29, 1.82) is 0 Å². The molecule has 5 heteroatoms. The average Bonchev–Trinajstić information content (AvgIpc) is 2.44. The van der Waals surface area contributed by atoms with Gasteiger partial charge in [-0.25, -0.2) is 4.98 Å². The smallest absolute Gasteiger partial charge is 0.252 e. The van der Waals surface area contributed by atoms with Crippen LogP contribution >= 0.6 is 23.2 Å².